The average molecular weight is 311 g/mol. The molecule has 0 heterocycles. The standard InChI is InChI=1S/C11H12Cl2O4S/c1-7(11(14)15)5-18(16,17)6-8-4-9(12)2-3-10(8)13/h2-4,7H,5-6H2,1H3,(H,14,15). The van der Waals surface area contributed by atoms with Gasteiger partial charge in [-0.25, -0.2) is 8.42 Å². The predicted molar refractivity (Wildman–Crippen MR) is 70.8 cm³/mol. The first-order valence-electron chi connectivity index (χ1n) is 5.08. The SMILES string of the molecule is CC(CS(=O)(=O)Cc1cc(Cl)ccc1Cl)C(=O)O. The van der Waals surface area contributed by atoms with Gasteiger partial charge in [0.15, 0.2) is 9.84 Å². The highest BCUT2D eigenvalue weighted by molar-refractivity contribution is 7.90. The Morgan fingerprint density at radius 3 is 2.56 bits per heavy atom. The summed E-state index contributed by atoms with van der Waals surface area (Å²) >= 11 is 11.6. The van der Waals surface area contributed by atoms with Gasteiger partial charge in [0, 0.05) is 10.0 Å². The lowest BCUT2D eigenvalue weighted by molar-refractivity contribution is -0.140. The molecule has 0 spiro atoms. The molecule has 0 aliphatic carbocycles. The van der Waals surface area contributed by atoms with Crippen molar-refractivity contribution in [3.05, 3.63) is 33.8 Å². The number of benzene rings is 1. The molecule has 1 aromatic carbocycles. The highest BCUT2D eigenvalue weighted by atomic mass is 35.5. The van der Waals surface area contributed by atoms with Crippen molar-refractivity contribution in [2.24, 2.45) is 5.92 Å². The number of halogens is 2. The summed E-state index contributed by atoms with van der Waals surface area (Å²) in [4.78, 5) is 10.6. The molecule has 0 radical (unpaired) electrons. The molecule has 18 heavy (non-hydrogen) atoms. The van der Waals surface area contributed by atoms with Crippen LogP contribution in [-0.2, 0) is 20.4 Å². The largest absolute Gasteiger partial charge is 0.481 e. The summed E-state index contributed by atoms with van der Waals surface area (Å²) < 4.78 is 23.6. The van der Waals surface area contributed by atoms with Crippen molar-refractivity contribution < 1.29 is 18.3 Å². The zero-order chi connectivity index (χ0) is 13.9. The van der Waals surface area contributed by atoms with Crippen LogP contribution in [0.15, 0.2) is 18.2 Å². The van der Waals surface area contributed by atoms with Crippen LogP contribution in [0.2, 0.25) is 10.0 Å². The monoisotopic (exact) mass is 310 g/mol. The van der Waals surface area contributed by atoms with E-state index < -0.39 is 27.5 Å². The molecule has 0 amide bonds. The Labute approximate surface area is 115 Å². The number of carboxylic acid groups (broad SMARTS) is 1. The average Bonchev–Trinajstić information content (AvgIpc) is 2.22. The Bertz CT molecular complexity index is 554. The van der Waals surface area contributed by atoms with E-state index in [1.54, 1.807) is 6.07 Å². The van der Waals surface area contributed by atoms with E-state index in [9.17, 15) is 13.2 Å². The maximum absolute atomic E-state index is 11.8. The number of aliphatic carboxylic acids is 1. The van der Waals surface area contributed by atoms with Crippen LogP contribution >= 0.6 is 23.2 Å². The summed E-state index contributed by atoms with van der Waals surface area (Å²) in [6.45, 7) is 1.35. The number of sulfone groups is 1. The van der Waals surface area contributed by atoms with Gasteiger partial charge in [-0.1, -0.05) is 30.1 Å². The molecule has 0 saturated carbocycles. The molecule has 0 aromatic heterocycles. The quantitative estimate of drug-likeness (QED) is 0.907. The Balaban J connectivity index is 2.89. The molecule has 0 bridgehead atoms. The maximum atomic E-state index is 11.8. The van der Waals surface area contributed by atoms with Crippen molar-refractivity contribution in [2.75, 3.05) is 5.75 Å². The van der Waals surface area contributed by atoms with E-state index in [-0.39, 0.29) is 5.75 Å². The molecule has 0 fully saturated rings. The number of carboxylic acids is 1. The number of rotatable bonds is 5. The second-order valence-corrected chi connectivity index (χ2v) is 6.98. The van der Waals surface area contributed by atoms with Crippen molar-refractivity contribution in [2.45, 2.75) is 12.7 Å². The Morgan fingerprint density at radius 1 is 1.39 bits per heavy atom. The Hall–Kier alpha value is -0.780. The van der Waals surface area contributed by atoms with Crippen LogP contribution in [0.3, 0.4) is 0 Å². The molecular formula is C11H12Cl2O4S. The minimum Gasteiger partial charge on any atom is -0.481 e. The van der Waals surface area contributed by atoms with E-state index in [0.717, 1.165) is 0 Å². The minimum atomic E-state index is -3.54. The highest BCUT2D eigenvalue weighted by Gasteiger charge is 2.22. The number of hydrogen-bond acceptors (Lipinski definition) is 3. The lowest BCUT2D eigenvalue weighted by Gasteiger charge is -2.09. The van der Waals surface area contributed by atoms with Gasteiger partial charge in [0.05, 0.1) is 17.4 Å². The van der Waals surface area contributed by atoms with Gasteiger partial charge < -0.3 is 5.11 Å². The van der Waals surface area contributed by atoms with Crippen molar-refractivity contribution in [3.8, 4) is 0 Å². The summed E-state index contributed by atoms with van der Waals surface area (Å²) in [6, 6.07) is 4.53. The fraction of sp³-hybridized carbons (Fsp3) is 0.364. The van der Waals surface area contributed by atoms with Crippen molar-refractivity contribution in [1.29, 1.82) is 0 Å². The molecule has 1 rings (SSSR count). The summed E-state index contributed by atoms with van der Waals surface area (Å²) in [6.07, 6.45) is 0. The first-order chi connectivity index (χ1) is 8.21. The predicted octanol–water partition coefficient (Wildman–Crippen LogP) is 2.63. The molecule has 4 nitrogen and oxygen atoms in total. The van der Waals surface area contributed by atoms with Crippen molar-refractivity contribution >= 4 is 39.0 Å². The second kappa shape index (κ2) is 5.91. The van der Waals surface area contributed by atoms with E-state index in [0.29, 0.717) is 15.6 Å². The molecule has 100 valence electrons. The van der Waals surface area contributed by atoms with Gasteiger partial charge in [-0.2, -0.15) is 0 Å². The maximum Gasteiger partial charge on any atom is 0.307 e. The Kier molecular flexibility index (Phi) is 5.01. The van der Waals surface area contributed by atoms with Gasteiger partial charge >= 0.3 is 5.97 Å². The topological polar surface area (TPSA) is 71.4 Å². The van der Waals surface area contributed by atoms with Gasteiger partial charge in [-0.05, 0) is 23.8 Å². The van der Waals surface area contributed by atoms with E-state index in [1.165, 1.54) is 19.1 Å². The van der Waals surface area contributed by atoms with Crippen LogP contribution in [0.1, 0.15) is 12.5 Å². The summed E-state index contributed by atoms with van der Waals surface area (Å²) in [5.74, 6) is -2.83. The van der Waals surface area contributed by atoms with Gasteiger partial charge in [0.1, 0.15) is 0 Å². The fourth-order valence-corrected chi connectivity index (χ4v) is 3.60. The third-order valence-corrected chi connectivity index (χ3v) is 4.67. The molecule has 0 aliphatic heterocycles. The summed E-state index contributed by atoms with van der Waals surface area (Å²) in [5, 5.41) is 9.38. The van der Waals surface area contributed by atoms with Crippen molar-refractivity contribution in [1.82, 2.24) is 0 Å². The first kappa shape index (κ1) is 15.3. The zero-order valence-corrected chi connectivity index (χ0v) is 11.9. The number of carbonyl (C=O) groups is 1. The van der Waals surface area contributed by atoms with E-state index >= 15 is 0 Å². The van der Waals surface area contributed by atoms with E-state index in [4.69, 9.17) is 28.3 Å². The van der Waals surface area contributed by atoms with Gasteiger partial charge in [-0.15, -0.1) is 0 Å². The summed E-state index contributed by atoms with van der Waals surface area (Å²) in [7, 11) is -3.54. The molecule has 1 N–H and O–H groups in total. The van der Waals surface area contributed by atoms with Crippen LogP contribution < -0.4 is 0 Å². The van der Waals surface area contributed by atoms with Crippen LogP contribution in [0.25, 0.3) is 0 Å². The molecule has 0 aliphatic rings. The lowest BCUT2D eigenvalue weighted by atomic mass is 10.2. The normalized spacial score (nSPS) is 13.3. The van der Waals surface area contributed by atoms with E-state index in [2.05, 4.69) is 0 Å². The first-order valence-corrected chi connectivity index (χ1v) is 7.66. The van der Waals surface area contributed by atoms with Crippen LogP contribution in [-0.4, -0.2) is 25.2 Å². The smallest absolute Gasteiger partial charge is 0.307 e. The summed E-state index contributed by atoms with van der Waals surface area (Å²) in [5.41, 5.74) is 0.377. The molecule has 1 atom stereocenters. The Morgan fingerprint density at radius 2 is 2.00 bits per heavy atom. The molecule has 1 aromatic rings. The van der Waals surface area contributed by atoms with Crippen molar-refractivity contribution in [3.63, 3.8) is 0 Å². The zero-order valence-electron chi connectivity index (χ0n) is 9.56. The number of hydrogen-bond donors (Lipinski definition) is 1. The van der Waals surface area contributed by atoms with Crippen LogP contribution in [0.5, 0.6) is 0 Å². The van der Waals surface area contributed by atoms with E-state index in [1.807, 2.05) is 0 Å². The minimum absolute atomic E-state index is 0.297. The highest BCUT2D eigenvalue weighted by Crippen LogP contribution is 2.23. The molecule has 7 heteroatoms. The fourth-order valence-electron chi connectivity index (χ4n) is 1.40. The van der Waals surface area contributed by atoms with Crippen LogP contribution in [0, 0.1) is 5.92 Å². The van der Waals surface area contributed by atoms with Crippen LogP contribution in [0.4, 0.5) is 0 Å². The molecule has 0 saturated heterocycles. The second-order valence-electron chi connectivity index (χ2n) is 4.03. The molecular weight excluding hydrogens is 299 g/mol. The van der Waals surface area contributed by atoms with Gasteiger partial charge in [0.2, 0.25) is 0 Å². The van der Waals surface area contributed by atoms with Gasteiger partial charge in [0.25, 0.3) is 0 Å². The third-order valence-electron chi connectivity index (χ3n) is 2.31. The lowest BCUT2D eigenvalue weighted by Crippen LogP contribution is -2.22. The molecule has 1 unspecified atom stereocenters. The third kappa shape index (κ3) is 4.48. The van der Waals surface area contributed by atoms with Gasteiger partial charge in [-0.3, -0.25) is 4.79 Å².